The molecule has 0 spiro atoms. The zero-order valence-corrected chi connectivity index (χ0v) is 9.96. The van der Waals surface area contributed by atoms with Gasteiger partial charge in [0.2, 0.25) is 0 Å². The van der Waals surface area contributed by atoms with Gasteiger partial charge in [-0.2, -0.15) is 0 Å². The van der Waals surface area contributed by atoms with Crippen molar-refractivity contribution in [3.05, 3.63) is 11.6 Å². The van der Waals surface area contributed by atoms with Gasteiger partial charge in [-0.3, -0.25) is 4.79 Å². The smallest absolute Gasteiger partial charge is 0.302 e. The maximum Gasteiger partial charge on any atom is 0.302 e. The number of hydrogen-bond acceptors (Lipinski definition) is 2. The van der Waals surface area contributed by atoms with Crippen LogP contribution in [0.1, 0.15) is 47.5 Å². The highest BCUT2D eigenvalue weighted by molar-refractivity contribution is 5.66. The van der Waals surface area contributed by atoms with E-state index in [-0.39, 0.29) is 12.1 Å². The summed E-state index contributed by atoms with van der Waals surface area (Å²) in [6.07, 6.45) is 4.38. The number of rotatable bonds is 5. The summed E-state index contributed by atoms with van der Waals surface area (Å²) in [6.45, 7) is 9.72. The summed E-state index contributed by atoms with van der Waals surface area (Å²) in [4.78, 5) is 10.7. The number of hydrogen-bond donors (Lipinski definition) is 0. The lowest BCUT2D eigenvalue weighted by atomic mass is 9.99. The summed E-state index contributed by atoms with van der Waals surface area (Å²) >= 11 is 0. The van der Waals surface area contributed by atoms with E-state index >= 15 is 0 Å². The summed E-state index contributed by atoms with van der Waals surface area (Å²) < 4.78 is 5.11. The van der Waals surface area contributed by atoms with Gasteiger partial charge < -0.3 is 4.74 Å². The molecule has 0 aliphatic rings. The lowest BCUT2D eigenvalue weighted by molar-refractivity contribution is -0.147. The quantitative estimate of drug-likeness (QED) is 0.500. The third-order valence-electron chi connectivity index (χ3n) is 2.33. The van der Waals surface area contributed by atoms with Gasteiger partial charge in [0, 0.05) is 6.92 Å². The van der Waals surface area contributed by atoms with Gasteiger partial charge in [-0.1, -0.05) is 18.6 Å². The van der Waals surface area contributed by atoms with Crippen LogP contribution >= 0.6 is 0 Å². The summed E-state index contributed by atoms with van der Waals surface area (Å²) in [7, 11) is 0. The minimum atomic E-state index is -0.188. The SMILES string of the molecule is CC(=O)O[C@H](C)[C@@H](C)CCC=C(C)C. The van der Waals surface area contributed by atoms with E-state index in [1.165, 1.54) is 12.5 Å². The summed E-state index contributed by atoms with van der Waals surface area (Å²) in [5.41, 5.74) is 1.34. The number of carbonyl (C=O) groups is 1. The predicted molar refractivity (Wildman–Crippen MR) is 59.1 cm³/mol. The van der Waals surface area contributed by atoms with Crippen LogP contribution in [0, 0.1) is 5.92 Å². The van der Waals surface area contributed by atoms with Crippen LogP contribution < -0.4 is 0 Å². The molecule has 0 rings (SSSR count). The first kappa shape index (κ1) is 13.2. The summed E-state index contributed by atoms with van der Waals surface area (Å²) in [5.74, 6) is 0.237. The Kier molecular flexibility index (Phi) is 6.26. The van der Waals surface area contributed by atoms with E-state index in [4.69, 9.17) is 4.74 Å². The van der Waals surface area contributed by atoms with Crippen LogP contribution in [0.25, 0.3) is 0 Å². The molecule has 0 bridgehead atoms. The zero-order valence-electron chi connectivity index (χ0n) is 9.96. The Morgan fingerprint density at radius 1 is 1.29 bits per heavy atom. The third kappa shape index (κ3) is 6.70. The Balaban J connectivity index is 3.78. The average Bonchev–Trinajstić information content (AvgIpc) is 2.01. The van der Waals surface area contributed by atoms with Gasteiger partial charge >= 0.3 is 5.97 Å². The predicted octanol–water partition coefficient (Wildman–Crippen LogP) is 3.32. The molecule has 0 radical (unpaired) electrons. The molecule has 0 saturated carbocycles. The molecule has 2 nitrogen and oxygen atoms in total. The Bertz CT molecular complexity index is 202. The molecule has 0 N–H and O–H groups in total. The molecule has 0 unspecified atom stereocenters. The lowest BCUT2D eigenvalue weighted by Crippen LogP contribution is -2.20. The molecule has 0 aliphatic heterocycles. The van der Waals surface area contributed by atoms with Gasteiger partial charge in [0.1, 0.15) is 6.10 Å². The molecule has 2 heteroatoms. The first-order chi connectivity index (χ1) is 6.43. The van der Waals surface area contributed by atoms with Gasteiger partial charge in [-0.25, -0.2) is 0 Å². The van der Waals surface area contributed by atoms with E-state index in [9.17, 15) is 4.79 Å². The normalized spacial score (nSPS) is 14.4. The first-order valence-electron chi connectivity index (χ1n) is 5.24. The standard InChI is InChI=1S/C12H22O2/c1-9(2)7-6-8-10(3)11(4)14-12(5)13/h7,10-11H,6,8H2,1-5H3/t10-,11+/m0/s1. The summed E-state index contributed by atoms with van der Waals surface area (Å²) in [5, 5.41) is 0. The maximum atomic E-state index is 10.7. The van der Waals surface area contributed by atoms with Gasteiger partial charge in [0.25, 0.3) is 0 Å². The second-order valence-electron chi connectivity index (χ2n) is 4.15. The van der Waals surface area contributed by atoms with Crippen molar-refractivity contribution in [2.75, 3.05) is 0 Å². The van der Waals surface area contributed by atoms with Crippen molar-refractivity contribution in [1.82, 2.24) is 0 Å². The van der Waals surface area contributed by atoms with Crippen molar-refractivity contribution in [1.29, 1.82) is 0 Å². The monoisotopic (exact) mass is 198 g/mol. The fourth-order valence-corrected chi connectivity index (χ4v) is 1.25. The fraction of sp³-hybridized carbons (Fsp3) is 0.750. The van der Waals surface area contributed by atoms with E-state index < -0.39 is 0 Å². The maximum absolute atomic E-state index is 10.7. The van der Waals surface area contributed by atoms with E-state index in [0.29, 0.717) is 5.92 Å². The van der Waals surface area contributed by atoms with E-state index in [1.54, 1.807) is 0 Å². The van der Waals surface area contributed by atoms with E-state index in [1.807, 2.05) is 6.92 Å². The number of allylic oxidation sites excluding steroid dienone is 2. The molecule has 0 amide bonds. The molecule has 0 aromatic heterocycles. The lowest BCUT2D eigenvalue weighted by Gasteiger charge is -2.18. The number of ether oxygens (including phenoxy) is 1. The van der Waals surface area contributed by atoms with Crippen LogP contribution in [0.5, 0.6) is 0 Å². The molecule has 0 aromatic carbocycles. The zero-order chi connectivity index (χ0) is 11.1. The highest BCUT2D eigenvalue weighted by Crippen LogP contribution is 2.14. The molecular weight excluding hydrogens is 176 g/mol. The molecule has 0 aliphatic carbocycles. The fourth-order valence-electron chi connectivity index (χ4n) is 1.25. The Morgan fingerprint density at radius 2 is 1.86 bits per heavy atom. The molecule has 0 fully saturated rings. The van der Waals surface area contributed by atoms with Crippen LogP contribution in [0.4, 0.5) is 0 Å². The van der Waals surface area contributed by atoms with Crippen LogP contribution in [-0.2, 0) is 9.53 Å². The number of esters is 1. The topological polar surface area (TPSA) is 26.3 Å². The van der Waals surface area contributed by atoms with Crippen LogP contribution in [0.3, 0.4) is 0 Å². The second-order valence-corrected chi connectivity index (χ2v) is 4.15. The Hall–Kier alpha value is -0.790. The van der Waals surface area contributed by atoms with Gasteiger partial charge in [0.15, 0.2) is 0 Å². The third-order valence-corrected chi connectivity index (χ3v) is 2.33. The molecular formula is C12H22O2. The number of carbonyl (C=O) groups excluding carboxylic acids is 1. The highest BCUT2D eigenvalue weighted by Gasteiger charge is 2.13. The molecule has 0 saturated heterocycles. The summed E-state index contributed by atoms with van der Waals surface area (Å²) in [6, 6.07) is 0. The van der Waals surface area contributed by atoms with Crippen molar-refractivity contribution < 1.29 is 9.53 Å². The van der Waals surface area contributed by atoms with Crippen LogP contribution in [0.2, 0.25) is 0 Å². The average molecular weight is 198 g/mol. The molecule has 82 valence electrons. The van der Waals surface area contributed by atoms with Gasteiger partial charge in [0.05, 0.1) is 0 Å². The Labute approximate surface area is 87.3 Å². The van der Waals surface area contributed by atoms with Crippen LogP contribution in [0.15, 0.2) is 11.6 Å². The minimum Gasteiger partial charge on any atom is -0.463 e. The van der Waals surface area contributed by atoms with Crippen molar-refractivity contribution in [3.63, 3.8) is 0 Å². The van der Waals surface area contributed by atoms with Gasteiger partial charge in [-0.05, 0) is 39.5 Å². The molecule has 0 aromatic rings. The van der Waals surface area contributed by atoms with Crippen molar-refractivity contribution in [3.8, 4) is 0 Å². The first-order valence-corrected chi connectivity index (χ1v) is 5.24. The van der Waals surface area contributed by atoms with E-state index in [2.05, 4.69) is 26.8 Å². The molecule has 2 atom stereocenters. The largest absolute Gasteiger partial charge is 0.463 e. The minimum absolute atomic E-state index is 0.0260. The highest BCUT2D eigenvalue weighted by atomic mass is 16.5. The van der Waals surface area contributed by atoms with Gasteiger partial charge in [-0.15, -0.1) is 0 Å². The Morgan fingerprint density at radius 3 is 2.29 bits per heavy atom. The van der Waals surface area contributed by atoms with Crippen molar-refractivity contribution in [2.45, 2.75) is 53.6 Å². The second kappa shape index (κ2) is 6.63. The molecule has 0 heterocycles. The molecule has 14 heavy (non-hydrogen) atoms. The van der Waals surface area contributed by atoms with Crippen molar-refractivity contribution in [2.24, 2.45) is 5.92 Å². The van der Waals surface area contributed by atoms with E-state index in [0.717, 1.165) is 12.8 Å². The van der Waals surface area contributed by atoms with Crippen LogP contribution in [-0.4, -0.2) is 12.1 Å². The van der Waals surface area contributed by atoms with Crippen molar-refractivity contribution >= 4 is 5.97 Å².